The minimum Gasteiger partial charge on any atom is -0.463 e. The maximum Gasteiger partial charge on any atom is 0.472 e. The summed E-state index contributed by atoms with van der Waals surface area (Å²) in [6.07, 6.45) is 124. The minimum absolute atomic E-state index is 0.0963. The molecule has 0 saturated carbocycles. The molecule has 121 heavy (non-hydrogen) atoms. The highest BCUT2D eigenvalue weighted by molar-refractivity contribution is 7.47. The molecule has 5 unspecified atom stereocenters. The molecule has 0 heterocycles. The smallest absolute Gasteiger partial charge is 0.463 e. The Labute approximate surface area is 738 Å². The second kappa shape index (κ2) is 93.8. The summed E-state index contributed by atoms with van der Waals surface area (Å²) in [5.41, 5.74) is 0. The van der Waals surface area contributed by atoms with Crippen molar-refractivity contribution in [2.75, 3.05) is 39.6 Å². The number of rotatable bonds is 90. The van der Waals surface area contributed by atoms with Crippen LogP contribution in [0.25, 0.3) is 0 Å². The fraction of sp³-hybridized carbons (Fsp3) is 0.680. The van der Waals surface area contributed by atoms with Crippen LogP contribution in [0.4, 0.5) is 0 Å². The molecule has 0 bridgehead atoms. The lowest BCUT2D eigenvalue weighted by Gasteiger charge is -2.21. The SMILES string of the molecule is CC/C=C\C/C=C\C/C=C\C/C=C\C/C=C\C/C=C\CCCCCCCCCCCCC(=O)OCC(O)COP(=O)(O)OCC(O)COP(=O)(O)OCC(COC(=O)CCCCCCCCCCCCCCC/C=C\C/C=C\C/C=C\C/C=C\C/C=C\CC)OC(=O)CCCCCCCCCCCCC/C=C\C/C=C\C/C=C\C/C=C\CCCCC. The number of hydrogen-bond donors (Lipinski definition) is 4. The summed E-state index contributed by atoms with van der Waals surface area (Å²) in [5.74, 6) is -1.58. The number of phosphoric ester groups is 2. The van der Waals surface area contributed by atoms with Gasteiger partial charge in [0.2, 0.25) is 0 Å². The van der Waals surface area contributed by atoms with Gasteiger partial charge in [-0.1, -0.05) is 396 Å². The second-order valence-corrected chi connectivity index (χ2v) is 34.7. The molecule has 0 aliphatic heterocycles. The van der Waals surface area contributed by atoms with Gasteiger partial charge >= 0.3 is 33.6 Å². The molecule has 0 aliphatic carbocycles. The molecule has 0 aliphatic rings. The summed E-state index contributed by atoms with van der Waals surface area (Å²) in [6, 6.07) is 0. The van der Waals surface area contributed by atoms with Gasteiger partial charge < -0.3 is 34.2 Å². The summed E-state index contributed by atoms with van der Waals surface area (Å²) in [6.45, 7) is 2.47. The fourth-order valence-electron chi connectivity index (χ4n) is 12.9. The van der Waals surface area contributed by atoms with Crippen LogP contribution in [0.1, 0.15) is 393 Å². The van der Waals surface area contributed by atoms with Crippen LogP contribution in [0.15, 0.2) is 182 Å². The molecule has 0 spiro atoms. The Kier molecular flexibility index (Phi) is 89.6. The van der Waals surface area contributed by atoms with E-state index in [0.717, 1.165) is 186 Å². The molecule has 692 valence electrons. The third-order valence-electron chi connectivity index (χ3n) is 20.1. The van der Waals surface area contributed by atoms with E-state index in [4.69, 9.17) is 32.3 Å². The minimum atomic E-state index is -4.95. The van der Waals surface area contributed by atoms with Gasteiger partial charge in [-0.3, -0.25) is 32.5 Å². The van der Waals surface area contributed by atoms with Gasteiger partial charge in [-0.2, -0.15) is 0 Å². The van der Waals surface area contributed by atoms with Crippen LogP contribution in [0, 0.1) is 0 Å². The van der Waals surface area contributed by atoms with Crippen LogP contribution >= 0.6 is 15.6 Å². The zero-order chi connectivity index (χ0) is 87.9. The number of esters is 3. The molecule has 5 atom stereocenters. The maximum atomic E-state index is 13.1. The number of carbonyl (C=O) groups is 3. The number of aliphatic hydroxyl groups is 2. The van der Waals surface area contributed by atoms with Gasteiger partial charge in [-0.05, 0) is 161 Å². The Balaban J connectivity index is 4.67. The molecule has 18 heteroatoms. The topological polar surface area (TPSA) is 231 Å². The molecule has 4 N–H and O–H groups in total. The molecule has 0 amide bonds. The molecule has 0 radical (unpaired) electrons. The van der Waals surface area contributed by atoms with Crippen LogP contribution < -0.4 is 0 Å². The van der Waals surface area contributed by atoms with Crippen molar-refractivity contribution in [2.45, 2.75) is 411 Å². The van der Waals surface area contributed by atoms with Crippen LogP contribution in [0.5, 0.6) is 0 Å². The molecule has 0 fully saturated rings. The highest BCUT2D eigenvalue weighted by Gasteiger charge is 2.30. The maximum absolute atomic E-state index is 13.1. The predicted octanol–water partition coefficient (Wildman–Crippen LogP) is 30.0. The molecule has 0 rings (SSSR count). The van der Waals surface area contributed by atoms with Crippen molar-refractivity contribution >= 4 is 33.6 Å². The van der Waals surface area contributed by atoms with Gasteiger partial charge in [-0.25, -0.2) is 9.13 Å². The largest absolute Gasteiger partial charge is 0.472 e. The number of phosphoric acid groups is 2. The molecule has 0 aromatic rings. The normalized spacial score (nSPS) is 14.5. The first-order chi connectivity index (χ1) is 59.2. The lowest BCUT2D eigenvalue weighted by atomic mass is 10.0. The van der Waals surface area contributed by atoms with Crippen LogP contribution in [-0.2, 0) is 55.8 Å². The molecule has 16 nitrogen and oxygen atoms in total. The van der Waals surface area contributed by atoms with E-state index in [1.807, 2.05) is 0 Å². The van der Waals surface area contributed by atoms with Gasteiger partial charge in [-0.15, -0.1) is 0 Å². The average molecular weight is 1730 g/mol. The highest BCUT2D eigenvalue weighted by atomic mass is 31.2. The Morgan fingerprint density at radius 3 is 0.694 bits per heavy atom. The number of ether oxygens (including phenoxy) is 3. The van der Waals surface area contributed by atoms with Gasteiger partial charge in [0.25, 0.3) is 0 Å². The van der Waals surface area contributed by atoms with E-state index in [9.17, 15) is 43.5 Å². The van der Waals surface area contributed by atoms with Crippen molar-refractivity contribution in [1.29, 1.82) is 0 Å². The average Bonchev–Trinajstić information content (AvgIpc) is 0.907. The van der Waals surface area contributed by atoms with Crippen molar-refractivity contribution in [2.24, 2.45) is 0 Å². The lowest BCUT2D eigenvalue weighted by Crippen LogP contribution is -2.30. The number of hydrogen-bond acceptors (Lipinski definition) is 14. The van der Waals surface area contributed by atoms with Crippen LogP contribution in [0.3, 0.4) is 0 Å². The Morgan fingerprint density at radius 1 is 0.240 bits per heavy atom. The van der Waals surface area contributed by atoms with E-state index in [1.54, 1.807) is 0 Å². The predicted molar refractivity (Wildman–Crippen MR) is 509 cm³/mol. The standard InChI is InChI=1S/C103H174O16P2/c1-4-7-10-13-16-19-22-25-28-31-34-37-40-43-46-48-51-53-56-59-62-65-68-71-74-77-80-83-86-89-101(106)113-92-98(104)93-115-120(109,110)116-94-99(105)95-117-121(111,112)118-97-100(119-103(108)91-88-85-82-79-76-73-70-67-64-61-58-55-50-45-42-39-36-33-30-27-24-21-18-15-12-9-6-3)96-114-102(107)90-87-84-81-78-75-72-69-66-63-60-57-54-52-49-47-44-41-38-35-32-29-26-23-20-17-14-11-8-5-2/h7-8,10-11,16-21,25-30,34-39,43-47,50-51,53,98-100,104-105H,4-6,9,12-15,22-24,31-33,40-42,48-49,52,54-97H2,1-3H3,(H,109,110)(H,111,112)/b10-7-,11-8-,19-16-,20-17-,21-18-,28-25-,29-26-,30-27-,37-34-,38-35-,39-36-,46-43-,47-44-,50-45-,53-51-. The summed E-state index contributed by atoms with van der Waals surface area (Å²) in [4.78, 5) is 59.1. The summed E-state index contributed by atoms with van der Waals surface area (Å²) < 4.78 is 61.6. The molecule has 0 saturated heterocycles. The Hall–Kier alpha value is -5.35. The van der Waals surface area contributed by atoms with E-state index < -0.39 is 91.5 Å². The van der Waals surface area contributed by atoms with Gasteiger partial charge in [0.15, 0.2) is 6.10 Å². The first-order valence-corrected chi connectivity index (χ1v) is 51.1. The van der Waals surface area contributed by atoms with Crippen molar-refractivity contribution < 1.29 is 75.8 Å². The van der Waals surface area contributed by atoms with Crippen molar-refractivity contribution in [3.8, 4) is 0 Å². The number of aliphatic hydroxyl groups excluding tert-OH is 2. The van der Waals surface area contributed by atoms with Gasteiger partial charge in [0.1, 0.15) is 25.4 Å². The number of unbranched alkanes of at least 4 members (excludes halogenated alkanes) is 37. The third-order valence-corrected chi connectivity index (χ3v) is 22.0. The first kappa shape index (κ1) is 116. The fourth-order valence-corrected chi connectivity index (χ4v) is 14.5. The second-order valence-electron chi connectivity index (χ2n) is 31.8. The lowest BCUT2D eigenvalue weighted by molar-refractivity contribution is -0.161. The molecule has 0 aromatic carbocycles. The number of carbonyl (C=O) groups excluding carboxylic acids is 3. The first-order valence-electron chi connectivity index (χ1n) is 48.1. The molecular weight excluding hydrogens is 1560 g/mol. The zero-order valence-corrected chi connectivity index (χ0v) is 78.2. The van der Waals surface area contributed by atoms with Crippen molar-refractivity contribution in [3.05, 3.63) is 182 Å². The Bertz CT molecular complexity index is 2930. The Morgan fingerprint density at radius 2 is 0.438 bits per heavy atom. The summed E-state index contributed by atoms with van der Waals surface area (Å²) in [7, 11) is -9.82. The summed E-state index contributed by atoms with van der Waals surface area (Å²) in [5, 5.41) is 20.8. The van der Waals surface area contributed by atoms with Gasteiger partial charge in [0.05, 0.1) is 26.4 Å². The zero-order valence-electron chi connectivity index (χ0n) is 76.4. The number of allylic oxidation sites excluding steroid dienone is 30. The quantitative estimate of drug-likeness (QED) is 0.0146. The molecular formula is C103H174O16P2. The van der Waals surface area contributed by atoms with Crippen LogP contribution in [-0.4, -0.2) is 95.9 Å². The van der Waals surface area contributed by atoms with Gasteiger partial charge in [0, 0.05) is 19.3 Å². The monoisotopic (exact) mass is 1730 g/mol. The van der Waals surface area contributed by atoms with E-state index in [1.165, 1.54) is 148 Å². The molecule has 0 aromatic heterocycles. The van der Waals surface area contributed by atoms with E-state index >= 15 is 0 Å². The highest BCUT2D eigenvalue weighted by Crippen LogP contribution is 2.45. The van der Waals surface area contributed by atoms with Crippen molar-refractivity contribution in [1.82, 2.24) is 0 Å². The van der Waals surface area contributed by atoms with Crippen molar-refractivity contribution in [3.63, 3.8) is 0 Å². The van der Waals surface area contributed by atoms with E-state index in [-0.39, 0.29) is 19.3 Å². The third kappa shape index (κ3) is 95.2. The van der Waals surface area contributed by atoms with Crippen LogP contribution in [0.2, 0.25) is 0 Å². The van der Waals surface area contributed by atoms with E-state index in [2.05, 4.69) is 203 Å². The van der Waals surface area contributed by atoms with E-state index in [0.29, 0.717) is 19.3 Å². The summed E-state index contributed by atoms with van der Waals surface area (Å²) >= 11 is 0.